The number of rotatable bonds is 3. The van der Waals surface area contributed by atoms with Crippen molar-refractivity contribution >= 4 is 17.0 Å². The van der Waals surface area contributed by atoms with E-state index in [4.69, 9.17) is 4.74 Å². The fourth-order valence-electron chi connectivity index (χ4n) is 0.707. The molecule has 0 spiro atoms. The molecule has 12 heavy (non-hydrogen) atoms. The number of halogens is 1. The maximum Gasteiger partial charge on any atom is 0.119 e. The monoisotopic (exact) mass is 279 g/mol. The van der Waals surface area contributed by atoms with Gasteiger partial charge in [0.05, 0.1) is 6.61 Å². The topological polar surface area (TPSA) is 9.23 Å². The molecular weight excluding hydrogens is 269 g/mol. The Kier molecular flexibility index (Phi) is 11.2. The molecular formula is C9H12BrOZn-. The molecule has 0 aromatic heterocycles. The Morgan fingerprint density at radius 1 is 1.17 bits per heavy atom. The third kappa shape index (κ3) is 5.73. The average Bonchev–Trinajstić information content (AvgIpc) is 2.03. The Hall–Kier alpha value is 0.123. The Morgan fingerprint density at radius 3 is 2.25 bits per heavy atom. The SMILES string of the molecule is Br.[CH2-]CCOc1ccccc1.[Zn]. The molecule has 1 rings (SSSR count). The molecule has 0 amide bonds. The van der Waals surface area contributed by atoms with E-state index in [2.05, 4.69) is 6.92 Å². The number of para-hydroxylation sites is 1. The van der Waals surface area contributed by atoms with Crippen molar-refractivity contribution in [3.63, 3.8) is 0 Å². The van der Waals surface area contributed by atoms with Crippen LogP contribution in [-0.2, 0) is 19.5 Å². The predicted octanol–water partition coefficient (Wildman–Crippen LogP) is 2.86. The normalized spacial score (nSPS) is 7.75. The van der Waals surface area contributed by atoms with Gasteiger partial charge in [0.1, 0.15) is 5.75 Å². The maximum absolute atomic E-state index is 5.29. The van der Waals surface area contributed by atoms with Crippen LogP contribution in [0.3, 0.4) is 0 Å². The minimum absolute atomic E-state index is 0. The van der Waals surface area contributed by atoms with Gasteiger partial charge in [-0.05, 0) is 12.1 Å². The van der Waals surface area contributed by atoms with Gasteiger partial charge in [-0.1, -0.05) is 18.2 Å². The van der Waals surface area contributed by atoms with Crippen molar-refractivity contribution in [3.05, 3.63) is 37.3 Å². The molecule has 0 fully saturated rings. The molecule has 0 unspecified atom stereocenters. The number of hydrogen-bond acceptors (Lipinski definition) is 1. The summed E-state index contributed by atoms with van der Waals surface area (Å²) in [7, 11) is 0. The fraction of sp³-hybridized carbons (Fsp3) is 0.222. The zero-order chi connectivity index (χ0) is 7.23. The third-order valence-corrected chi connectivity index (χ3v) is 1.16. The first-order chi connectivity index (χ1) is 4.93. The van der Waals surface area contributed by atoms with Gasteiger partial charge in [-0.3, -0.25) is 0 Å². The van der Waals surface area contributed by atoms with Crippen LogP contribution >= 0.6 is 17.0 Å². The van der Waals surface area contributed by atoms with E-state index >= 15 is 0 Å². The molecule has 1 nitrogen and oxygen atoms in total. The van der Waals surface area contributed by atoms with Gasteiger partial charge in [-0.25, -0.2) is 0 Å². The van der Waals surface area contributed by atoms with Crippen LogP contribution in [0.25, 0.3) is 0 Å². The summed E-state index contributed by atoms with van der Waals surface area (Å²) in [5.41, 5.74) is 0. The van der Waals surface area contributed by atoms with Crippen LogP contribution in [0.4, 0.5) is 0 Å². The molecule has 0 aliphatic rings. The summed E-state index contributed by atoms with van der Waals surface area (Å²) in [5.74, 6) is 0.922. The van der Waals surface area contributed by atoms with Crippen LogP contribution in [0.5, 0.6) is 5.75 Å². The van der Waals surface area contributed by atoms with Crippen LogP contribution in [-0.4, -0.2) is 6.61 Å². The van der Waals surface area contributed by atoms with E-state index in [1.54, 1.807) is 0 Å². The van der Waals surface area contributed by atoms with E-state index in [0.717, 1.165) is 12.2 Å². The van der Waals surface area contributed by atoms with E-state index in [9.17, 15) is 0 Å². The minimum atomic E-state index is 0. The molecule has 0 bridgehead atoms. The quantitative estimate of drug-likeness (QED) is 0.611. The van der Waals surface area contributed by atoms with Gasteiger partial charge in [0.15, 0.2) is 0 Å². The Bertz CT molecular complexity index is 179. The van der Waals surface area contributed by atoms with Crippen LogP contribution in [0, 0.1) is 6.92 Å². The Balaban J connectivity index is 0. The summed E-state index contributed by atoms with van der Waals surface area (Å²) >= 11 is 0. The smallest absolute Gasteiger partial charge is 0.119 e. The van der Waals surface area contributed by atoms with Crippen LogP contribution < -0.4 is 4.74 Å². The first kappa shape index (κ1) is 14.6. The van der Waals surface area contributed by atoms with Crippen molar-refractivity contribution in [1.29, 1.82) is 0 Å². The zero-order valence-electron chi connectivity index (χ0n) is 7.03. The fourth-order valence-corrected chi connectivity index (χ4v) is 0.707. The van der Waals surface area contributed by atoms with Crippen molar-refractivity contribution in [2.75, 3.05) is 6.61 Å². The van der Waals surface area contributed by atoms with E-state index in [1.807, 2.05) is 30.3 Å². The largest absolute Gasteiger partial charge is 0.496 e. The second-order valence-corrected chi connectivity index (χ2v) is 2.02. The van der Waals surface area contributed by atoms with Gasteiger partial charge in [0, 0.05) is 19.5 Å². The Morgan fingerprint density at radius 2 is 1.75 bits per heavy atom. The summed E-state index contributed by atoms with van der Waals surface area (Å²) < 4.78 is 5.29. The van der Waals surface area contributed by atoms with Gasteiger partial charge in [-0.15, -0.1) is 23.4 Å². The summed E-state index contributed by atoms with van der Waals surface area (Å²) in [4.78, 5) is 0. The second-order valence-electron chi connectivity index (χ2n) is 2.02. The molecule has 0 saturated carbocycles. The van der Waals surface area contributed by atoms with E-state index < -0.39 is 0 Å². The molecule has 0 radical (unpaired) electrons. The third-order valence-electron chi connectivity index (χ3n) is 1.16. The van der Waals surface area contributed by atoms with Crippen LogP contribution in [0.2, 0.25) is 0 Å². The molecule has 64 valence electrons. The zero-order valence-corrected chi connectivity index (χ0v) is 11.7. The first-order valence-electron chi connectivity index (χ1n) is 3.40. The van der Waals surface area contributed by atoms with Crippen molar-refractivity contribution in [3.8, 4) is 5.75 Å². The molecule has 0 aliphatic carbocycles. The van der Waals surface area contributed by atoms with Crippen LogP contribution in [0.1, 0.15) is 6.42 Å². The van der Waals surface area contributed by atoms with Gasteiger partial charge < -0.3 is 11.7 Å². The minimum Gasteiger partial charge on any atom is -0.496 e. The molecule has 0 atom stereocenters. The van der Waals surface area contributed by atoms with Gasteiger partial charge in [0.2, 0.25) is 0 Å². The maximum atomic E-state index is 5.29. The second kappa shape index (κ2) is 9.21. The van der Waals surface area contributed by atoms with Gasteiger partial charge in [0.25, 0.3) is 0 Å². The van der Waals surface area contributed by atoms with Crippen molar-refractivity contribution in [2.45, 2.75) is 6.42 Å². The molecule has 3 heteroatoms. The van der Waals surface area contributed by atoms with E-state index in [1.165, 1.54) is 0 Å². The van der Waals surface area contributed by atoms with E-state index in [0.29, 0.717) is 6.61 Å². The summed E-state index contributed by atoms with van der Waals surface area (Å²) in [6, 6.07) is 9.76. The number of ether oxygens (including phenoxy) is 1. The number of hydrogen-bond donors (Lipinski definition) is 0. The van der Waals surface area contributed by atoms with Crippen molar-refractivity contribution in [1.82, 2.24) is 0 Å². The van der Waals surface area contributed by atoms with Crippen molar-refractivity contribution < 1.29 is 24.2 Å². The standard InChI is InChI=1S/C9H11O.BrH.Zn/c1-2-8-10-9-6-4-3-5-7-9;;/h3-7H,1-2,8H2;1H;/q-1;;. The van der Waals surface area contributed by atoms with Crippen LogP contribution in [0.15, 0.2) is 30.3 Å². The molecule has 0 heterocycles. The van der Waals surface area contributed by atoms with Gasteiger partial charge in [-0.2, -0.15) is 0 Å². The molecule has 0 saturated heterocycles. The molecule has 1 aromatic rings. The number of benzene rings is 1. The van der Waals surface area contributed by atoms with Crippen molar-refractivity contribution in [2.24, 2.45) is 0 Å². The average molecular weight is 281 g/mol. The first-order valence-corrected chi connectivity index (χ1v) is 3.40. The van der Waals surface area contributed by atoms with Gasteiger partial charge >= 0.3 is 0 Å². The Labute approximate surface area is 97.0 Å². The molecule has 0 aliphatic heterocycles. The predicted molar refractivity (Wildman–Crippen MR) is 52.2 cm³/mol. The molecule has 1 aromatic carbocycles. The summed E-state index contributed by atoms with van der Waals surface area (Å²) in [6.07, 6.45) is 0.814. The summed E-state index contributed by atoms with van der Waals surface area (Å²) in [6.45, 7) is 4.37. The molecule has 0 N–H and O–H groups in total. The van der Waals surface area contributed by atoms with E-state index in [-0.39, 0.29) is 36.5 Å². The summed E-state index contributed by atoms with van der Waals surface area (Å²) in [5, 5.41) is 0.